The number of nitrogens with zero attached hydrogens (tertiary/aromatic N) is 1. The molecule has 18 heavy (non-hydrogen) atoms. The highest BCUT2D eigenvalue weighted by Crippen LogP contribution is 2.13. The highest BCUT2D eigenvalue weighted by atomic mass is 19.3. The Balaban J connectivity index is 2.94. The Labute approximate surface area is 103 Å². The summed E-state index contributed by atoms with van der Waals surface area (Å²) in [4.78, 5) is 12.6. The van der Waals surface area contributed by atoms with E-state index in [1.54, 1.807) is 6.92 Å². The molecular formula is C12H14F3NO2. The third-order valence-corrected chi connectivity index (χ3v) is 2.37. The molecular weight excluding hydrogens is 247 g/mol. The SMILES string of the molecule is Cc1ccc(C(=O)N(CCO)CC(F)F)c(F)c1. The Kier molecular flexibility index (Phi) is 5.15. The Bertz CT molecular complexity index is 424. The molecule has 6 heteroatoms. The number of amides is 1. The molecule has 0 fully saturated rings. The maximum absolute atomic E-state index is 13.5. The Morgan fingerprint density at radius 3 is 2.61 bits per heavy atom. The van der Waals surface area contributed by atoms with E-state index in [2.05, 4.69) is 0 Å². The lowest BCUT2D eigenvalue weighted by Gasteiger charge is -2.21. The van der Waals surface area contributed by atoms with Crippen molar-refractivity contribution in [2.75, 3.05) is 19.7 Å². The molecule has 0 aromatic heterocycles. The normalized spacial score (nSPS) is 10.8. The number of aliphatic hydroxyl groups excluding tert-OH is 1. The fraction of sp³-hybridized carbons (Fsp3) is 0.417. The van der Waals surface area contributed by atoms with Crippen molar-refractivity contribution in [2.45, 2.75) is 13.3 Å². The summed E-state index contributed by atoms with van der Waals surface area (Å²) in [5.41, 5.74) is 0.362. The van der Waals surface area contributed by atoms with Crippen LogP contribution < -0.4 is 0 Å². The van der Waals surface area contributed by atoms with Crippen LogP contribution in [0.15, 0.2) is 18.2 Å². The molecule has 1 amide bonds. The Morgan fingerprint density at radius 1 is 1.44 bits per heavy atom. The van der Waals surface area contributed by atoms with Crippen molar-refractivity contribution < 1.29 is 23.1 Å². The lowest BCUT2D eigenvalue weighted by molar-refractivity contribution is 0.0505. The summed E-state index contributed by atoms with van der Waals surface area (Å²) < 4.78 is 38.1. The monoisotopic (exact) mass is 261 g/mol. The maximum Gasteiger partial charge on any atom is 0.257 e. The first-order valence-corrected chi connectivity index (χ1v) is 5.40. The molecule has 0 radical (unpaired) electrons. The lowest BCUT2D eigenvalue weighted by atomic mass is 10.1. The van der Waals surface area contributed by atoms with Gasteiger partial charge in [0.05, 0.1) is 18.7 Å². The van der Waals surface area contributed by atoms with Gasteiger partial charge in [0, 0.05) is 6.54 Å². The number of hydrogen-bond acceptors (Lipinski definition) is 2. The summed E-state index contributed by atoms with van der Waals surface area (Å²) in [6.07, 6.45) is -2.73. The van der Waals surface area contributed by atoms with Crippen LogP contribution >= 0.6 is 0 Å². The third-order valence-electron chi connectivity index (χ3n) is 2.37. The van der Waals surface area contributed by atoms with E-state index < -0.39 is 31.3 Å². The third kappa shape index (κ3) is 3.73. The minimum atomic E-state index is -2.73. The summed E-state index contributed by atoms with van der Waals surface area (Å²) in [5.74, 6) is -1.60. The van der Waals surface area contributed by atoms with Crippen LogP contribution in [0.4, 0.5) is 13.2 Å². The maximum atomic E-state index is 13.5. The van der Waals surface area contributed by atoms with Gasteiger partial charge in [0.15, 0.2) is 0 Å². The highest BCUT2D eigenvalue weighted by molar-refractivity contribution is 5.94. The molecule has 0 atom stereocenters. The quantitative estimate of drug-likeness (QED) is 0.878. The number of hydrogen-bond donors (Lipinski definition) is 1. The van der Waals surface area contributed by atoms with E-state index in [4.69, 9.17) is 5.11 Å². The number of alkyl halides is 2. The minimum Gasteiger partial charge on any atom is -0.395 e. The molecule has 3 nitrogen and oxygen atoms in total. The van der Waals surface area contributed by atoms with Gasteiger partial charge < -0.3 is 10.0 Å². The number of aliphatic hydroxyl groups is 1. The van der Waals surface area contributed by atoms with Crippen LogP contribution in [0, 0.1) is 12.7 Å². The molecule has 1 rings (SSSR count). The van der Waals surface area contributed by atoms with Gasteiger partial charge in [0.25, 0.3) is 12.3 Å². The van der Waals surface area contributed by atoms with Crippen molar-refractivity contribution in [2.24, 2.45) is 0 Å². The minimum absolute atomic E-state index is 0.253. The van der Waals surface area contributed by atoms with Crippen molar-refractivity contribution in [1.82, 2.24) is 4.90 Å². The van der Waals surface area contributed by atoms with E-state index in [9.17, 15) is 18.0 Å². The second-order valence-corrected chi connectivity index (χ2v) is 3.85. The molecule has 0 aliphatic carbocycles. The summed E-state index contributed by atoms with van der Waals surface area (Å²) in [5, 5.41) is 8.73. The number of carbonyl (C=O) groups excluding carboxylic acids is 1. The lowest BCUT2D eigenvalue weighted by Crippen LogP contribution is -2.37. The summed E-state index contributed by atoms with van der Waals surface area (Å²) in [7, 11) is 0. The molecule has 1 N–H and O–H groups in total. The first kappa shape index (κ1) is 14.5. The van der Waals surface area contributed by atoms with Gasteiger partial charge in [-0.2, -0.15) is 0 Å². The van der Waals surface area contributed by atoms with Gasteiger partial charge in [0.1, 0.15) is 5.82 Å². The predicted octanol–water partition coefficient (Wildman–Crippen LogP) is 1.83. The number of halogens is 3. The summed E-state index contributed by atoms with van der Waals surface area (Å²) in [6.45, 7) is 0.122. The van der Waals surface area contributed by atoms with Crippen molar-refractivity contribution >= 4 is 5.91 Å². The van der Waals surface area contributed by atoms with Gasteiger partial charge >= 0.3 is 0 Å². The fourth-order valence-electron chi connectivity index (χ4n) is 1.53. The topological polar surface area (TPSA) is 40.5 Å². The van der Waals surface area contributed by atoms with Gasteiger partial charge in [-0.3, -0.25) is 4.79 Å². The largest absolute Gasteiger partial charge is 0.395 e. The van der Waals surface area contributed by atoms with Crippen LogP contribution in [-0.4, -0.2) is 42.0 Å². The molecule has 1 aromatic carbocycles. The zero-order chi connectivity index (χ0) is 13.7. The van der Waals surface area contributed by atoms with Crippen LogP contribution in [-0.2, 0) is 0 Å². The van der Waals surface area contributed by atoms with Crippen LogP contribution in [0.2, 0.25) is 0 Å². The van der Waals surface area contributed by atoms with Gasteiger partial charge in [-0.15, -0.1) is 0 Å². The molecule has 0 saturated heterocycles. The number of carbonyl (C=O) groups is 1. The molecule has 0 bridgehead atoms. The van der Waals surface area contributed by atoms with E-state index in [0.717, 1.165) is 11.0 Å². The van der Waals surface area contributed by atoms with Crippen molar-refractivity contribution in [1.29, 1.82) is 0 Å². The van der Waals surface area contributed by atoms with Crippen molar-refractivity contribution in [3.8, 4) is 0 Å². The van der Waals surface area contributed by atoms with E-state index in [0.29, 0.717) is 5.56 Å². The van der Waals surface area contributed by atoms with Crippen LogP contribution in [0.1, 0.15) is 15.9 Å². The molecule has 100 valence electrons. The van der Waals surface area contributed by atoms with Gasteiger partial charge in [-0.1, -0.05) is 6.07 Å². The molecule has 0 saturated carbocycles. The molecule has 0 spiro atoms. The first-order valence-electron chi connectivity index (χ1n) is 5.40. The number of aryl methyl sites for hydroxylation is 1. The van der Waals surface area contributed by atoms with E-state index in [1.165, 1.54) is 12.1 Å². The Hall–Kier alpha value is -1.56. The predicted molar refractivity (Wildman–Crippen MR) is 60.1 cm³/mol. The zero-order valence-corrected chi connectivity index (χ0v) is 9.87. The molecule has 0 unspecified atom stereocenters. The van der Waals surface area contributed by atoms with Crippen molar-refractivity contribution in [3.05, 3.63) is 35.1 Å². The first-order chi connectivity index (χ1) is 8.45. The average Bonchev–Trinajstić information content (AvgIpc) is 2.27. The standard InChI is InChI=1S/C12H14F3NO2/c1-8-2-3-9(10(13)6-8)12(18)16(4-5-17)7-11(14)15/h2-3,6,11,17H,4-5,7H2,1H3. The van der Waals surface area contributed by atoms with Crippen LogP contribution in [0.3, 0.4) is 0 Å². The molecule has 0 aliphatic heterocycles. The van der Waals surface area contributed by atoms with Gasteiger partial charge in [0.2, 0.25) is 0 Å². The zero-order valence-electron chi connectivity index (χ0n) is 9.87. The number of benzene rings is 1. The van der Waals surface area contributed by atoms with Crippen molar-refractivity contribution in [3.63, 3.8) is 0 Å². The molecule has 0 aliphatic rings. The Morgan fingerprint density at radius 2 is 2.11 bits per heavy atom. The second-order valence-electron chi connectivity index (χ2n) is 3.85. The van der Waals surface area contributed by atoms with Gasteiger partial charge in [-0.25, -0.2) is 13.2 Å². The van der Waals surface area contributed by atoms with E-state index in [1.807, 2.05) is 0 Å². The second kappa shape index (κ2) is 6.39. The highest BCUT2D eigenvalue weighted by Gasteiger charge is 2.21. The smallest absolute Gasteiger partial charge is 0.257 e. The van der Waals surface area contributed by atoms with E-state index in [-0.39, 0.29) is 12.1 Å². The molecule has 0 heterocycles. The summed E-state index contributed by atoms with van der Waals surface area (Å²) >= 11 is 0. The van der Waals surface area contributed by atoms with Gasteiger partial charge in [-0.05, 0) is 24.6 Å². The molecule has 1 aromatic rings. The van der Waals surface area contributed by atoms with Crippen LogP contribution in [0.5, 0.6) is 0 Å². The van der Waals surface area contributed by atoms with E-state index >= 15 is 0 Å². The number of rotatable bonds is 5. The van der Waals surface area contributed by atoms with Crippen LogP contribution in [0.25, 0.3) is 0 Å². The summed E-state index contributed by atoms with van der Waals surface area (Å²) in [6, 6.07) is 3.94. The fourth-order valence-corrected chi connectivity index (χ4v) is 1.53. The average molecular weight is 261 g/mol.